The van der Waals surface area contributed by atoms with Crippen molar-refractivity contribution in [1.82, 2.24) is 25.8 Å². The van der Waals surface area contributed by atoms with E-state index >= 15 is 0 Å². The normalized spacial score (nSPS) is 18.5. The molecule has 140 valence electrons. The number of hydrogen-bond acceptors (Lipinski definition) is 6. The van der Waals surface area contributed by atoms with Crippen LogP contribution in [0.15, 0.2) is 24.4 Å². The molecule has 1 saturated heterocycles. The van der Waals surface area contributed by atoms with Crippen molar-refractivity contribution in [2.75, 3.05) is 19.7 Å². The Kier molecular flexibility index (Phi) is 4.18. The lowest BCUT2D eigenvalue weighted by atomic mass is 9.86. The third kappa shape index (κ3) is 2.93. The van der Waals surface area contributed by atoms with Gasteiger partial charge in [0.15, 0.2) is 5.65 Å². The van der Waals surface area contributed by atoms with Crippen molar-refractivity contribution in [2.24, 2.45) is 0 Å². The van der Waals surface area contributed by atoms with Crippen LogP contribution in [0, 0.1) is 0 Å². The highest BCUT2D eigenvalue weighted by Gasteiger charge is 2.41. The summed E-state index contributed by atoms with van der Waals surface area (Å²) in [6.45, 7) is 3.05. The van der Waals surface area contributed by atoms with E-state index in [1.165, 1.54) is 10.4 Å². The Morgan fingerprint density at radius 1 is 1.37 bits per heavy atom. The molecule has 0 atom stereocenters. The van der Waals surface area contributed by atoms with Crippen LogP contribution in [-0.4, -0.2) is 40.8 Å². The molecule has 0 aliphatic carbocycles. The second-order valence-corrected chi connectivity index (χ2v) is 8.12. The number of thiophene rings is 1. The first-order valence-electron chi connectivity index (χ1n) is 9.29. The number of ether oxygens (including phenoxy) is 1. The SMILES string of the molecule is O=C(NCc1[nH]nc2ncccc12)c1cc2c(s1)C1(CCNCC1)OCC2. The zero-order valence-electron chi connectivity index (χ0n) is 14.9. The number of carbonyl (C=O) groups is 1. The lowest BCUT2D eigenvalue weighted by Crippen LogP contribution is -2.43. The molecule has 1 amide bonds. The molecule has 5 heterocycles. The van der Waals surface area contributed by atoms with Crippen molar-refractivity contribution < 1.29 is 9.53 Å². The maximum absolute atomic E-state index is 12.8. The van der Waals surface area contributed by atoms with Gasteiger partial charge in [-0.15, -0.1) is 11.3 Å². The molecule has 0 unspecified atom stereocenters. The van der Waals surface area contributed by atoms with E-state index in [1.807, 2.05) is 18.2 Å². The van der Waals surface area contributed by atoms with Gasteiger partial charge in [-0.2, -0.15) is 5.10 Å². The van der Waals surface area contributed by atoms with Gasteiger partial charge in [0.2, 0.25) is 0 Å². The molecule has 5 rings (SSSR count). The van der Waals surface area contributed by atoms with Crippen molar-refractivity contribution in [2.45, 2.75) is 31.4 Å². The van der Waals surface area contributed by atoms with Gasteiger partial charge < -0.3 is 15.4 Å². The van der Waals surface area contributed by atoms with Gasteiger partial charge in [-0.1, -0.05) is 0 Å². The van der Waals surface area contributed by atoms with Crippen LogP contribution >= 0.6 is 11.3 Å². The lowest BCUT2D eigenvalue weighted by molar-refractivity contribution is -0.0771. The number of amides is 1. The Bertz CT molecular complexity index is 989. The fourth-order valence-corrected chi connectivity index (χ4v) is 5.36. The predicted octanol–water partition coefficient (Wildman–Crippen LogP) is 2.10. The average molecular weight is 383 g/mol. The van der Waals surface area contributed by atoms with Gasteiger partial charge in [-0.05, 0) is 56.1 Å². The third-order valence-corrected chi connectivity index (χ3v) is 6.80. The van der Waals surface area contributed by atoms with Gasteiger partial charge >= 0.3 is 0 Å². The number of piperidine rings is 1. The van der Waals surface area contributed by atoms with E-state index in [9.17, 15) is 4.79 Å². The Morgan fingerprint density at radius 3 is 3.15 bits per heavy atom. The van der Waals surface area contributed by atoms with Gasteiger partial charge in [0, 0.05) is 16.5 Å². The van der Waals surface area contributed by atoms with E-state index in [-0.39, 0.29) is 11.5 Å². The van der Waals surface area contributed by atoms with Crippen LogP contribution in [-0.2, 0) is 23.3 Å². The van der Waals surface area contributed by atoms with Gasteiger partial charge in [0.1, 0.15) is 5.60 Å². The number of aromatic amines is 1. The first kappa shape index (κ1) is 16.9. The number of pyridine rings is 1. The van der Waals surface area contributed by atoms with Gasteiger partial charge in [-0.3, -0.25) is 9.89 Å². The summed E-state index contributed by atoms with van der Waals surface area (Å²) in [5, 5.41) is 14.5. The first-order chi connectivity index (χ1) is 13.3. The summed E-state index contributed by atoms with van der Waals surface area (Å²) in [4.78, 5) is 19.0. The van der Waals surface area contributed by atoms with Gasteiger partial charge in [-0.25, -0.2) is 4.98 Å². The molecule has 0 radical (unpaired) electrons. The zero-order valence-corrected chi connectivity index (χ0v) is 15.7. The number of H-pyrrole nitrogens is 1. The molecule has 3 aromatic rings. The Labute approximate surface area is 160 Å². The van der Waals surface area contributed by atoms with Crippen LogP contribution in [0.25, 0.3) is 11.0 Å². The molecular weight excluding hydrogens is 362 g/mol. The monoisotopic (exact) mass is 383 g/mol. The van der Waals surface area contributed by atoms with E-state index in [0.29, 0.717) is 12.2 Å². The van der Waals surface area contributed by atoms with Crippen molar-refractivity contribution in [3.63, 3.8) is 0 Å². The minimum atomic E-state index is -0.201. The largest absolute Gasteiger partial charge is 0.369 e. The number of nitrogens with zero attached hydrogens (tertiary/aromatic N) is 2. The minimum Gasteiger partial charge on any atom is -0.369 e. The van der Waals surface area contributed by atoms with Crippen LogP contribution in [0.4, 0.5) is 0 Å². The number of hydrogen-bond donors (Lipinski definition) is 3. The third-order valence-electron chi connectivity index (χ3n) is 5.44. The van der Waals surface area contributed by atoms with E-state index < -0.39 is 0 Å². The summed E-state index contributed by atoms with van der Waals surface area (Å²) in [7, 11) is 0. The highest BCUT2D eigenvalue weighted by Crippen LogP contribution is 2.44. The van der Waals surface area contributed by atoms with Crippen molar-refractivity contribution in [3.8, 4) is 0 Å². The van der Waals surface area contributed by atoms with E-state index in [1.54, 1.807) is 17.5 Å². The van der Waals surface area contributed by atoms with Crippen LogP contribution in [0.3, 0.4) is 0 Å². The summed E-state index contributed by atoms with van der Waals surface area (Å²) in [5.41, 5.74) is 2.60. The molecule has 2 aliphatic heterocycles. The smallest absolute Gasteiger partial charge is 0.261 e. The molecule has 0 saturated carbocycles. The average Bonchev–Trinajstić information content (AvgIpc) is 3.32. The molecular formula is C19H21N5O2S. The van der Waals surface area contributed by atoms with Crippen LogP contribution in [0.1, 0.15) is 38.6 Å². The summed E-state index contributed by atoms with van der Waals surface area (Å²) in [6, 6.07) is 5.87. The maximum atomic E-state index is 12.8. The van der Waals surface area contributed by atoms with Crippen molar-refractivity contribution >= 4 is 28.3 Å². The molecule has 8 heteroatoms. The molecule has 2 aliphatic rings. The standard InChI is InChI=1S/C19H21N5O2S/c25-18(22-11-14-13-2-1-6-21-17(13)24-23-14)15-10-12-3-9-26-19(16(12)27-15)4-7-20-8-5-19/h1-2,6,10,20H,3-5,7-9,11H2,(H,22,25)(H,21,23,24). The van der Waals surface area contributed by atoms with E-state index in [4.69, 9.17) is 4.74 Å². The number of carbonyl (C=O) groups excluding carboxylic acids is 1. The fraction of sp³-hybridized carbons (Fsp3) is 0.421. The fourth-order valence-electron chi connectivity index (χ4n) is 4.03. The van der Waals surface area contributed by atoms with Crippen LogP contribution in [0.5, 0.6) is 0 Å². The second kappa shape index (κ2) is 6.70. The highest BCUT2D eigenvalue weighted by atomic mass is 32.1. The highest BCUT2D eigenvalue weighted by molar-refractivity contribution is 7.14. The first-order valence-corrected chi connectivity index (χ1v) is 10.1. The lowest BCUT2D eigenvalue weighted by Gasteiger charge is -2.40. The molecule has 1 fully saturated rings. The minimum absolute atomic E-state index is 0.0508. The summed E-state index contributed by atoms with van der Waals surface area (Å²) in [6.07, 6.45) is 4.52. The molecule has 3 N–H and O–H groups in total. The molecule has 1 spiro atoms. The zero-order chi connectivity index (χ0) is 18.3. The predicted molar refractivity (Wildman–Crippen MR) is 103 cm³/mol. The topological polar surface area (TPSA) is 91.9 Å². The van der Waals surface area contributed by atoms with Gasteiger partial charge in [0.05, 0.1) is 23.7 Å². The molecule has 0 aromatic carbocycles. The number of nitrogens with one attached hydrogen (secondary N) is 3. The Hall–Kier alpha value is -2.29. The molecule has 7 nitrogen and oxygen atoms in total. The quantitative estimate of drug-likeness (QED) is 0.644. The Morgan fingerprint density at radius 2 is 2.26 bits per heavy atom. The van der Waals surface area contributed by atoms with E-state index in [0.717, 1.165) is 54.9 Å². The summed E-state index contributed by atoms with van der Waals surface area (Å²) in [5.74, 6) is -0.0508. The van der Waals surface area contributed by atoms with Gasteiger partial charge in [0.25, 0.3) is 5.91 Å². The second-order valence-electron chi connectivity index (χ2n) is 7.07. The number of fused-ring (bicyclic) bond motifs is 3. The number of aromatic nitrogens is 3. The summed E-state index contributed by atoms with van der Waals surface area (Å²) < 4.78 is 6.21. The molecule has 27 heavy (non-hydrogen) atoms. The maximum Gasteiger partial charge on any atom is 0.261 e. The summed E-state index contributed by atoms with van der Waals surface area (Å²) >= 11 is 1.59. The van der Waals surface area contributed by atoms with Crippen LogP contribution in [0.2, 0.25) is 0 Å². The van der Waals surface area contributed by atoms with E-state index in [2.05, 4.69) is 25.8 Å². The number of rotatable bonds is 3. The van der Waals surface area contributed by atoms with Crippen LogP contribution < -0.4 is 10.6 Å². The Balaban J connectivity index is 1.35. The van der Waals surface area contributed by atoms with Crippen molar-refractivity contribution in [3.05, 3.63) is 45.4 Å². The molecule has 3 aromatic heterocycles. The van der Waals surface area contributed by atoms with Crippen molar-refractivity contribution in [1.29, 1.82) is 0 Å². The molecule has 0 bridgehead atoms.